The van der Waals surface area contributed by atoms with Gasteiger partial charge in [-0.15, -0.1) is 0 Å². The third-order valence-electron chi connectivity index (χ3n) is 4.26. The van der Waals surface area contributed by atoms with Crippen LogP contribution in [0, 0.1) is 11.3 Å². The van der Waals surface area contributed by atoms with Crippen LogP contribution in [0.4, 0.5) is 11.4 Å². The van der Waals surface area contributed by atoms with Gasteiger partial charge in [-0.2, -0.15) is 5.26 Å². The highest BCUT2D eigenvalue weighted by Gasteiger charge is 2.12. The van der Waals surface area contributed by atoms with Gasteiger partial charge < -0.3 is 15.7 Å². The van der Waals surface area contributed by atoms with Gasteiger partial charge in [0, 0.05) is 28.3 Å². The molecule has 5 heteroatoms. The number of nitrogens with one attached hydrogen (secondary N) is 2. The second-order valence-corrected chi connectivity index (χ2v) is 6.00. The fraction of sp³-hybridized carbons (Fsp3) is 0.0909. The molecule has 0 unspecified atom stereocenters. The lowest BCUT2D eigenvalue weighted by Gasteiger charge is -2.09. The summed E-state index contributed by atoms with van der Waals surface area (Å²) in [5.74, 6) is -0.386. The Hall–Kier alpha value is -3.78. The van der Waals surface area contributed by atoms with Crippen molar-refractivity contribution in [1.29, 1.82) is 5.26 Å². The number of phenolic OH excluding ortho intramolecular Hbond substituents is 1. The van der Waals surface area contributed by atoms with Crippen molar-refractivity contribution in [3.63, 3.8) is 0 Å². The highest BCUT2D eigenvalue weighted by Crippen LogP contribution is 2.29. The molecule has 0 atom stereocenters. The molecule has 134 valence electrons. The van der Waals surface area contributed by atoms with E-state index in [9.17, 15) is 15.2 Å². The van der Waals surface area contributed by atoms with Crippen molar-refractivity contribution in [1.82, 2.24) is 0 Å². The maximum Gasteiger partial charge on any atom is 0.267 e. The molecule has 0 spiro atoms. The number of aryl methyl sites for hydroxylation is 1. The predicted octanol–water partition coefficient (Wildman–Crippen LogP) is 4.57. The molecule has 3 aromatic rings. The Morgan fingerprint density at radius 2 is 1.78 bits per heavy atom. The molecule has 0 aliphatic rings. The molecule has 0 aliphatic carbocycles. The van der Waals surface area contributed by atoms with E-state index in [1.807, 2.05) is 30.3 Å². The van der Waals surface area contributed by atoms with Crippen LogP contribution in [0.2, 0.25) is 0 Å². The maximum atomic E-state index is 12.5. The van der Waals surface area contributed by atoms with Crippen LogP contribution in [-0.2, 0) is 11.2 Å². The summed E-state index contributed by atoms with van der Waals surface area (Å²) in [6.45, 7) is 2.08. The van der Waals surface area contributed by atoms with Crippen molar-refractivity contribution in [2.75, 3.05) is 10.6 Å². The molecule has 0 bridgehead atoms. The van der Waals surface area contributed by atoms with Crippen LogP contribution in [0.1, 0.15) is 12.5 Å². The molecular formula is C22H19N3O2. The van der Waals surface area contributed by atoms with Crippen LogP contribution >= 0.6 is 0 Å². The number of hydrogen-bond donors (Lipinski definition) is 3. The monoisotopic (exact) mass is 357 g/mol. The number of benzene rings is 3. The minimum atomic E-state index is -0.522. The number of nitrogens with zero attached hydrogens (tertiary/aromatic N) is 1. The molecule has 0 saturated heterocycles. The van der Waals surface area contributed by atoms with Gasteiger partial charge in [0.25, 0.3) is 5.91 Å². The van der Waals surface area contributed by atoms with E-state index in [2.05, 4.69) is 17.6 Å². The lowest BCUT2D eigenvalue weighted by Crippen LogP contribution is -2.14. The predicted molar refractivity (Wildman–Crippen MR) is 107 cm³/mol. The van der Waals surface area contributed by atoms with E-state index in [0.717, 1.165) is 12.1 Å². The van der Waals surface area contributed by atoms with Crippen LogP contribution in [0.3, 0.4) is 0 Å². The number of carbonyl (C=O) groups excluding carboxylic acids is 1. The summed E-state index contributed by atoms with van der Waals surface area (Å²) < 4.78 is 0. The van der Waals surface area contributed by atoms with Gasteiger partial charge >= 0.3 is 0 Å². The number of fused-ring (bicyclic) bond motifs is 1. The number of phenols is 1. The highest BCUT2D eigenvalue weighted by molar-refractivity contribution is 6.11. The number of rotatable bonds is 5. The molecule has 0 aromatic heterocycles. The Balaban J connectivity index is 1.79. The van der Waals surface area contributed by atoms with E-state index in [1.54, 1.807) is 36.4 Å². The first-order valence-corrected chi connectivity index (χ1v) is 8.60. The SMILES string of the molecule is CCc1ccc(N/C=C(/C#N)C(=O)Nc2cccc3c(O)cccc23)cc1. The van der Waals surface area contributed by atoms with Crippen molar-refractivity contribution < 1.29 is 9.90 Å². The molecule has 3 rings (SSSR count). The number of carbonyl (C=O) groups is 1. The first kappa shape index (κ1) is 18.0. The molecule has 5 nitrogen and oxygen atoms in total. The van der Waals surface area contributed by atoms with E-state index < -0.39 is 5.91 Å². The summed E-state index contributed by atoms with van der Waals surface area (Å²) in [7, 11) is 0. The van der Waals surface area contributed by atoms with Crippen molar-refractivity contribution in [2.45, 2.75) is 13.3 Å². The molecule has 0 radical (unpaired) electrons. The first-order chi connectivity index (χ1) is 13.1. The Bertz CT molecular complexity index is 1050. The van der Waals surface area contributed by atoms with Crippen molar-refractivity contribution >= 4 is 28.1 Å². The molecule has 0 heterocycles. The first-order valence-electron chi connectivity index (χ1n) is 8.60. The Labute approximate surface area is 157 Å². The van der Waals surface area contributed by atoms with Crippen LogP contribution < -0.4 is 10.6 Å². The summed E-state index contributed by atoms with van der Waals surface area (Å²) in [5, 5.41) is 26.3. The zero-order chi connectivity index (χ0) is 19.2. The molecule has 1 amide bonds. The van der Waals surface area contributed by atoms with E-state index in [0.29, 0.717) is 16.5 Å². The molecule has 0 aliphatic heterocycles. The Kier molecular flexibility index (Phi) is 5.38. The topological polar surface area (TPSA) is 85.2 Å². The van der Waals surface area contributed by atoms with Crippen molar-refractivity contribution in [2.24, 2.45) is 0 Å². The summed E-state index contributed by atoms with van der Waals surface area (Å²) in [6.07, 6.45) is 2.33. The minimum absolute atomic E-state index is 0.0493. The van der Waals surface area contributed by atoms with Gasteiger partial charge in [-0.25, -0.2) is 0 Å². The van der Waals surface area contributed by atoms with Gasteiger partial charge in [-0.1, -0.05) is 43.3 Å². The van der Waals surface area contributed by atoms with Gasteiger partial charge in [-0.05, 0) is 36.2 Å². The summed E-state index contributed by atoms with van der Waals surface area (Å²) in [5.41, 5.74) is 2.48. The quantitative estimate of drug-likeness (QED) is 0.461. The number of anilines is 2. The normalized spacial score (nSPS) is 11.0. The fourth-order valence-corrected chi connectivity index (χ4v) is 2.73. The maximum absolute atomic E-state index is 12.5. The summed E-state index contributed by atoms with van der Waals surface area (Å²) >= 11 is 0. The zero-order valence-electron chi connectivity index (χ0n) is 14.9. The number of amides is 1. The van der Waals surface area contributed by atoms with Gasteiger partial charge in [0.05, 0.1) is 0 Å². The van der Waals surface area contributed by atoms with Crippen molar-refractivity contribution in [3.8, 4) is 11.8 Å². The lowest BCUT2D eigenvalue weighted by molar-refractivity contribution is -0.112. The van der Waals surface area contributed by atoms with Crippen LogP contribution in [0.5, 0.6) is 5.75 Å². The van der Waals surface area contributed by atoms with Gasteiger partial charge in [0.2, 0.25) is 0 Å². The molecule has 3 N–H and O–H groups in total. The average molecular weight is 357 g/mol. The number of hydrogen-bond acceptors (Lipinski definition) is 4. The highest BCUT2D eigenvalue weighted by atomic mass is 16.3. The minimum Gasteiger partial charge on any atom is -0.507 e. The molecule has 27 heavy (non-hydrogen) atoms. The average Bonchev–Trinajstić information content (AvgIpc) is 2.70. The number of aromatic hydroxyl groups is 1. The smallest absolute Gasteiger partial charge is 0.267 e. The largest absolute Gasteiger partial charge is 0.507 e. The zero-order valence-corrected chi connectivity index (χ0v) is 14.9. The molecule has 0 saturated carbocycles. The third kappa shape index (κ3) is 4.07. The summed E-state index contributed by atoms with van der Waals surface area (Å²) in [4.78, 5) is 12.5. The van der Waals surface area contributed by atoms with E-state index in [1.165, 1.54) is 11.8 Å². The Morgan fingerprint density at radius 1 is 1.07 bits per heavy atom. The van der Waals surface area contributed by atoms with Gasteiger partial charge in [0.1, 0.15) is 17.4 Å². The molecule has 3 aromatic carbocycles. The Morgan fingerprint density at radius 3 is 2.48 bits per heavy atom. The molecular weight excluding hydrogens is 338 g/mol. The standard InChI is InChI=1S/C22H19N3O2/c1-2-15-9-11-17(12-10-15)24-14-16(13-23)22(27)25-20-7-3-6-19-18(20)5-4-8-21(19)26/h3-12,14,24,26H,2H2,1H3,(H,25,27)/b16-14-. The number of nitriles is 1. The summed E-state index contributed by atoms with van der Waals surface area (Å²) in [6, 6.07) is 20.0. The van der Waals surface area contributed by atoms with Gasteiger partial charge in [0.15, 0.2) is 0 Å². The second kappa shape index (κ2) is 8.07. The lowest BCUT2D eigenvalue weighted by atomic mass is 10.1. The van der Waals surface area contributed by atoms with Crippen molar-refractivity contribution in [3.05, 3.63) is 78.0 Å². The van der Waals surface area contributed by atoms with E-state index in [4.69, 9.17) is 0 Å². The fourth-order valence-electron chi connectivity index (χ4n) is 2.73. The van der Waals surface area contributed by atoms with E-state index in [-0.39, 0.29) is 11.3 Å². The van der Waals surface area contributed by atoms with Crippen LogP contribution in [-0.4, -0.2) is 11.0 Å². The second-order valence-electron chi connectivity index (χ2n) is 6.00. The van der Waals surface area contributed by atoms with Crippen LogP contribution in [0.25, 0.3) is 10.8 Å². The van der Waals surface area contributed by atoms with Crippen LogP contribution in [0.15, 0.2) is 72.4 Å². The third-order valence-corrected chi connectivity index (χ3v) is 4.26. The molecule has 0 fully saturated rings. The van der Waals surface area contributed by atoms with E-state index >= 15 is 0 Å². The van der Waals surface area contributed by atoms with Gasteiger partial charge in [-0.3, -0.25) is 4.79 Å².